The van der Waals surface area contributed by atoms with Gasteiger partial charge in [0.2, 0.25) is 5.91 Å². The van der Waals surface area contributed by atoms with Gasteiger partial charge in [-0.25, -0.2) is 0 Å². The minimum absolute atomic E-state index is 0.0000471. The van der Waals surface area contributed by atoms with Gasteiger partial charge in [0.1, 0.15) is 0 Å². The van der Waals surface area contributed by atoms with Crippen molar-refractivity contribution in [3.8, 4) is 0 Å². The zero-order chi connectivity index (χ0) is 20.8. The lowest BCUT2D eigenvalue weighted by Crippen LogP contribution is -2.43. The van der Waals surface area contributed by atoms with Gasteiger partial charge in [-0.1, -0.05) is 30.3 Å². The van der Waals surface area contributed by atoms with E-state index in [0.29, 0.717) is 23.2 Å². The van der Waals surface area contributed by atoms with Gasteiger partial charge < -0.3 is 10.2 Å². The number of carbonyl (C=O) groups excluding carboxylic acids is 3. The van der Waals surface area contributed by atoms with Crippen molar-refractivity contribution in [2.75, 3.05) is 13.1 Å². The van der Waals surface area contributed by atoms with Crippen LogP contribution in [0.2, 0.25) is 0 Å². The summed E-state index contributed by atoms with van der Waals surface area (Å²) in [5, 5.41) is 2.79. The van der Waals surface area contributed by atoms with Crippen molar-refractivity contribution in [3.63, 3.8) is 0 Å². The lowest BCUT2D eigenvalue weighted by atomic mass is 9.95. The number of nitrogens with zero attached hydrogens (tertiary/aromatic N) is 1. The molecule has 0 saturated carbocycles. The Morgan fingerprint density at radius 1 is 0.964 bits per heavy atom. The highest BCUT2D eigenvalue weighted by Gasteiger charge is 2.23. The molecule has 2 aromatic carbocycles. The van der Waals surface area contributed by atoms with Gasteiger partial charge in [-0.3, -0.25) is 14.4 Å². The number of carbonyl (C=O) groups is 3. The van der Waals surface area contributed by atoms with Crippen LogP contribution in [0.15, 0.2) is 42.5 Å². The van der Waals surface area contributed by atoms with Crippen molar-refractivity contribution >= 4 is 17.6 Å². The van der Waals surface area contributed by atoms with Gasteiger partial charge in [-0.15, -0.1) is 0 Å². The van der Waals surface area contributed by atoms with Gasteiger partial charge in [0.15, 0.2) is 5.78 Å². The van der Waals surface area contributed by atoms with E-state index in [1.165, 1.54) is 4.90 Å². The summed E-state index contributed by atoms with van der Waals surface area (Å²) in [4.78, 5) is 39.7. The summed E-state index contributed by atoms with van der Waals surface area (Å²) in [6.07, 6.45) is 0. The number of aryl methyl sites for hydroxylation is 2. The molecule has 0 spiro atoms. The molecular formula is C23H28N2O3. The van der Waals surface area contributed by atoms with Gasteiger partial charge in [0, 0.05) is 23.7 Å². The predicted octanol–water partition coefficient (Wildman–Crippen LogP) is 3.52. The van der Waals surface area contributed by atoms with Crippen LogP contribution in [0.1, 0.15) is 58.2 Å². The van der Waals surface area contributed by atoms with Crippen LogP contribution in [0.25, 0.3) is 0 Å². The quantitative estimate of drug-likeness (QED) is 0.748. The standard InChI is InChI=1S/C23H28N2O3/c1-6-25(14-21(26)24-15(2)3)23(28)20-10-8-7-9-19(20)22(27)18-12-11-16(4)17(5)13-18/h7-13,15H,6,14H2,1-5H3,(H,24,26). The van der Waals surface area contributed by atoms with E-state index in [-0.39, 0.29) is 30.2 Å². The molecule has 0 bridgehead atoms. The molecule has 5 nitrogen and oxygen atoms in total. The van der Waals surface area contributed by atoms with Crippen molar-refractivity contribution in [2.24, 2.45) is 0 Å². The average Bonchev–Trinajstić information content (AvgIpc) is 2.66. The first kappa shape index (κ1) is 21.4. The summed E-state index contributed by atoms with van der Waals surface area (Å²) in [6.45, 7) is 9.82. The van der Waals surface area contributed by atoms with Crippen LogP contribution in [0.4, 0.5) is 0 Å². The molecule has 0 unspecified atom stereocenters. The van der Waals surface area contributed by atoms with Gasteiger partial charge in [-0.2, -0.15) is 0 Å². The Morgan fingerprint density at radius 2 is 1.61 bits per heavy atom. The number of likely N-dealkylation sites (N-methyl/N-ethyl adjacent to an activating group) is 1. The Morgan fingerprint density at radius 3 is 2.18 bits per heavy atom. The number of hydrogen-bond acceptors (Lipinski definition) is 3. The minimum atomic E-state index is -0.325. The van der Waals surface area contributed by atoms with Gasteiger partial charge in [0.25, 0.3) is 5.91 Å². The molecule has 28 heavy (non-hydrogen) atoms. The third-order valence-corrected chi connectivity index (χ3v) is 4.62. The highest BCUT2D eigenvalue weighted by molar-refractivity contribution is 6.15. The normalized spacial score (nSPS) is 10.6. The first-order valence-corrected chi connectivity index (χ1v) is 9.54. The molecule has 0 atom stereocenters. The Kier molecular flexibility index (Phi) is 7.10. The van der Waals surface area contributed by atoms with Crippen LogP contribution in [0.3, 0.4) is 0 Å². The lowest BCUT2D eigenvalue weighted by molar-refractivity contribution is -0.122. The van der Waals surface area contributed by atoms with E-state index in [9.17, 15) is 14.4 Å². The smallest absolute Gasteiger partial charge is 0.255 e. The Labute approximate surface area is 166 Å². The number of benzene rings is 2. The lowest BCUT2D eigenvalue weighted by Gasteiger charge is -2.22. The molecule has 5 heteroatoms. The van der Waals surface area contributed by atoms with E-state index in [4.69, 9.17) is 0 Å². The van der Waals surface area contributed by atoms with Crippen molar-refractivity contribution in [1.29, 1.82) is 0 Å². The zero-order valence-electron chi connectivity index (χ0n) is 17.2. The van der Waals surface area contributed by atoms with Crippen LogP contribution in [-0.4, -0.2) is 41.6 Å². The third-order valence-electron chi connectivity index (χ3n) is 4.62. The molecule has 0 radical (unpaired) electrons. The number of amides is 2. The SMILES string of the molecule is CCN(CC(=O)NC(C)C)C(=O)c1ccccc1C(=O)c1ccc(C)c(C)c1. The highest BCUT2D eigenvalue weighted by Crippen LogP contribution is 2.19. The second-order valence-electron chi connectivity index (χ2n) is 7.22. The van der Waals surface area contributed by atoms with Crippen LogP contribution >= 0.6 is 0 Å². The summed E-state index contributed by atoms with van der Waals surface area (Å²) in [5.74, 6) is -0.743. The molecule has 0 heterocycles. The monoisotopic (exact) mass is 380 g/mol. The average molecular weight is 380 g/mol. The maximum Gasteiger partial charge on any atom is 0.255 e. The molecule has 0 aromatic heterocycles. The molecule has 0 aliphatic heterocycles. The molecule has 0 fully saturated rings. The van der Waals surface area contributed by atoms with Gasteiger partial charge in [-0.05, 0) is 57.9 Å². The molecule has 2 amide bonds. The van der Waals surface area contributed by atoms with E-state index < -0.39 is 0 Å². The molecule has 1 N–H and O–H groups in total. The fraction of sp³-hybridized carbons (Fsp3) is 0.348. The Bertz CT molecular complexity index is 887. The Balaban J connectivity index is 2.33. The van der Waals surface area contributed by atoms with E-state index in [1.807, 2.05) is 46.8 Å². The van der Waals surface area contributed by atoms with Gasteiger partial charge >= 0.3 is 0 Å². The summed E-state index contributed by atoms with van der Waals surface area (Å²) in [5.41, 5.74) is 3.33. The third kappa shape index (κ3) is 5.06. The fourth-order valence-corrected chi connectivity index (χ4v) is 2.94. The van der Waals surface area contributed by atoms with E-state index in [2.05, 4.69) is 5.32 Å². The summed E-state index contributed by atoms with van der Waals surface area (Å²) < 4.78 is 0. The molecule has 0 saturated heterocycles. The summed E-state index contributed by atoms with van der Waals surface area (Å²) in [7, 11) is 0. The van der Waals surface area contributed by atoms with Crippen molar-refractivity contribution < 1.29 is 14.4 Å². The van der Waals surface area contributed by atoms with Crippen LogP contribution in [0.5, 0.6) is 0 Å². The maximum atomic E-state index is 13.1. The zero-order valence-corrected chi connectivity index (χ0v) is 17.2. The van der Waals surface area contributed by atoms with Crippen LogP contribution < -0.4 is 5.32 Å². The van der Waals surface area contributed by atoms with Crippen LogP contribution in [0, 0.1) is 13.8 Å². The molecule has 0 aliphatic rings. The number of rotatable bonds is 7. The molecular weight excluding hydrogens is 352 g/mol. The number of ketones is 1. The number of hydrogen-bond donors (Lipinski definition) is 1. The number of nitrogens with one attached hydrogen (secondary N) is 1. The first-order chi connectivity index (χ1) is 13.2. The molecule has 2 rings (SSSR count). The van der Waals surface area contributed by atoms with E-state index in [0.717, 1.165) is 11.1 Å². The molecule has 0 aliphatic carbocycles. The fourth-order valence-electron chi connectivity index (χ4n) is 2.94. The first-order valence-electron chi connectivity index (χ1n) is 9.54. The highest BCUT2D eigenvalue weighted by atomic mass is 16.2. The maximum absolute atomic E-state index is 13.1. The van der Waals surface area contributed by atoms with Crippen molar-refractivity contribution in [3.05, 3.63) is 70.3 Å². The second-order valence-corrected chi connectivity index (χ2v) is 7.22. The van der Waals surface area contributed by atoms with Crippen LogP contribution in [-0.2, 0) is 4.79 Å². The van der Waals surface area contributed by atoms with E-state index >= 15 is 0 Å². The summed E-state index contributed by atoms with van der Waals surface area (Å²) in [6, 6.07) is 12.3. The topological polar surface area (TPSA) is 66.5 Å². The van der Waals surface area contributed by atoms with Crippen molar-refractivity contribution in [1.82, 2.24) is 10.2 Å². The second kappa shape index (κ2) is 9.31. The van der Waals surface area contributed by atoms with Crippen molar-refractivity contribution in [2.45, 2.75) is 40.7 Å². The Hall–Kier alpha value is -2.95. The van der Waals surface area contributed by atoms with E-state index in [1.54, 1.807) is 30.3 Å². The summed E-state index contributed by atoms with van der Waals surface area (Å²) >= 11 is 0. The molecule has 148 valence electrons. The predicted molar refractivity (Wildman–Crippen MR) is 111 cm³/mol. The largest absolute Gasteiger partial charge is 0.352 e. The minimum Gasteiger partial charge on any atom is -0.352 e. The van der Waals surface area contributed by atoms with Gasteiger partial charge in [0.05, 0.1) is 12.1 Å². The molecule has 2 aromatic rings.